The fourth-order valence-corrected chi connectivity index (χ4v) is 2.75. The van der Waals surface area contributed by atoms with E-state index in [0.29, 0.717) is 11.3 Å². The molecule has 0 fully saturated rings. The molecule has 25 heavy (non-hydrogen) atoms. The predicted octanol–water partition coefficient (Wildman–Crippen LogP) is 4.24. The van der Waals surface area contributed by atoms with Crippen LogP contribution in [0.15, 0.2) is 47.4 Å². The van der Waals surface area contributed by atoms with Crippen LogP contribution in [0.25, 0.3) is 0 Å². The SMILES string of the molecule is Cc1ccc(NC(=O)Nc2cc(S(=O)(=O)C(F)(F)F)ccc2C)cc1. The molecule has 0 radical (unpaired) electrons. The van der Waals surface area contributed by atoms with E-state index in [9.17, 15) is 26.4 Å². The van der Waals surface area contributed by atoms with Crippen LogP contribution in [0, 0.1) is 13.8 Å². The van der Waals surface area contributed by atoms with Gasteiger partial charge in [-0.25, -0.2) is 13.2 Å². The number of amides is 2. The summed E-state index contributed by atoms with van der Waals surface area (Å²) >= 11 is 0. The molecule has 0 aliphatic heterocycles. The molecule has 2 aromatic carbocycles. The highest BCUT2D eigenvalue weighted by atomic mass is 32.2. The second-order valence-electron chi connectivity index (χ2n) is 5.37. The highest BCUT2D eigenvalue weighted by Gasteiger charge is 2.47. The Morgan fingerprint density at radius 1 is 0.960 bits per heavy atom. The summed E-state index contributed by atoms with van der Waals surface area (Å²) < 4.78 is 60.9. The highest BCUT2D eigenvalue weighted by Crippen LogP contribution is 2.32. The maximum Gasteiger partial charge on any atom is 0.501 e. The summed E-state index contributed by atoms with van der Waals surface area (Å²) in [5.74, 6) is 0. The van der Waals surface area contributed by atoms with Crippen LogP contribution in [0.2, 0.25) is 0 Å². The van der Waals surface area contributed by atoms with E-state index in [2.05, 4.69) is 10.6 Å². The van der Waals surface area contributed by atoms with Crippen molar-refractivity contribution >= 4 is 27.2 Å². The van der Waals surface area contributed by atoms with Gasteiger partial charge in [-0.05, 0) is 43.7 Å². The van der Waals surface area contributed by atoms with Gasteiger partial charge in [0.2, 0.25) is 0 Å². The first kappa shape index (κ1) is 18.8. The van der Waals surface area contributed by atoms with E-state index in [1.165, 1.54) is 13.0 Å². The molecule has 0 spiro atoms. The predicted molar refractivity (Wildman–Crippen MR) is 88.2 cm³/mol. The van der Waals surface area contributed by atoms with Crippen molar-refractivity contribution in [1.82, 2.24) is 0 Å². The van der Waals surface area contributed by atoms with Crippen LogP contribution in [0.4, 0.5) is 29.3 Å². The molecule has 0 saturated carbocycles. The lowest BCUT2D eigenvalue weighted by Gasteiger charge is -2.13. The van der Waals surface area contributed by atoms with Crippen LogP contribution in [0.1, 0.15) is 11.1 Å². The molecule has 0 unspecified atom stereocenters. The van der Waals surface area contributed by atoms with Gasteiger partial charge in [0.1, 0.15) is 0 Å². The third kappa shape index (κ3) is 4.30. The maximum absolute atomic E-state index is 12.6. The first-order valence-electron chi connectivity index (χ1n) is 7.07. The lowest BCUT2D eigenvalue weighted by atomic mass is 10.2. The molecular formula is C16H15F3N2O3S. The monoisotopic (exact) mass is 372 g/mol. The zero-order valence-electron chi connectivity index (χ0n) is 13.3. The Kier molecular flexibility index (Phi) is 5.07. The van der Waals surface area contributed by atoms with Gasteiger partial charge in [-0.3, -0.25) is 0 Å². The van der Waals surface area contributed by atoms with E-state index in [1.807, 2.05) is 6.92 Å². The van der Waals surface area contributed by atoms with Crippen LogP contribution >= 0.6 is 0 Å². The van der Waals surface area contributed by atoms with Crippen molar-refractivity contribution in [2.24, 2.45) is 0 Å². The van der Waals surface area contributed by atoms with Gasteiger partial charge in [-0.1, -0.05) is 23.8 Å². The second-order valence-corrected chi connectivity index (χ2v) is 7.31. The number of halogens is 3. The van der Waals surface area contributed by atoms with Gasteiger partial charge in [-0.2, -0.15) is 13.2 Å². The van der Waals surface area contributed by atoms with Crippen molar-refractivity contribution < 1.29 is 26.4 Å². The van der Waals surface area contributed by atoms with Crippen molar-refractivity contribution in [1.29, 1.82) is 0 Å². The number of nitrogens with one attached hydrogen (secondary N) is 2. The van der Waals surface area contributed by atoms with Crippen LogP contribution in [0.3, 0.4) is 0 Å². The number of hydrogen-bond acceptors (Lipinski definition) is 3. The van der Waals surface area contributed by atoms with E-state index in [1.54, 1.807) is 24.3 Å². The van der Waals surface area contributed by atoms with Crippen molar-refractivity contribution in [2.75, 3.05) is 10.6 Å². The summed E-state index contributed by atoms with van der Waals surface area (Å²) in [6.45, 7) is 3.41. The molecular weight excluding hydrogens is 357 g/mol. The smallest absolute Gasteiger partial charge is 0.308 e. The normalized spacial score (nSPS) is 11.9. The number of anilines is 2. The number of urea groups is 1. The van der Waals surface area contributed by atoms with E-state index in [0.717, 1.165) is 17.7 Å². The number of benzene rings is 2. The molecule has 0 aliphatic carbocycles. The number of aryl methyl sites for hydroxylation is 2. The fraction of sp³-hybridized carbons (Fsp3) is 0.188. The topological polar surface area (TPSA) is 75.3 Å². The lowest BCUT2D eigenvalue weighted by molar-refractivity contribution is -0.0436. The number of carbonyl (C=O) groups is 1. The molecule has 2 aromatic rings. The number of sulfone groups is 1. The van der Waals surface area contributed by atoms with E-state index in [4.69, 9.17) is 0 Å². The quantitative estimate of drug-likeness (QED) is 0.846. The zero-order chi connectivity index (χ0) is 18.8. The Morgan fingerprint density at radius 3 is 2.12 bits per heavy atom. The Bertz CT molecular complexity index is 892. The lowest BCUT2D eigenvalue weighted by Crippen LogP contribution is -2.24. The fourth-order valence-electron chi connectivity index (χ4n) is 1.96. The second kappa shape index (κ2) is 6.75. The van der Waals surface area contributed by atoms with Gasteiger partial charge in [0.05, 0.1) is 4.90 Å². The van der Waals surface area contributed by atoms with Crippen LogP contribution in [0.5, 0.6) is 0 Å². The summed E-state index contributed by atoms with van der Waals surface area (Å²) in [6.07, 6.45) is 0. The van der Waals surface area contributed by atoms with Crippen LogP contribution in [-0.2, 0) is 9.84 Å². The van der Waals surface area contributed by atoms with Crippen molar-refractivity contribution in [3.05, 3.63) is 53.6 Å². The molecule has 0 bridgehead atoms. The van der Waals surface area contributed by atoms with Crippen LogP contribution in [-0.4, -0.2) is 20.0 Å². The van der Waals surface area contributed by atoms with E-state index >= 15 is 0 Å². The van der Waals surface area contributed by atoms with Gasteiger partial charge >= 0.3 is 11.5 Å². The molecule has 0 aliphatic rings. The van der Waals surface area contributed by atoms with Crippen LogP contribution < -0.4 is 10.6 Å². The summed E-state index contributed by atoms with van der Waals surface area (Å²) in [7, 11) is -5.49. The minimum absolute atomic E-state index is 0.0325. The molecule has 0 heterocycles. The molecule has 0 saturated heterocycles. The summed E-state index contributed by atoms with van der Waals surface area (Å²) in [6, 6.07) is 9.00. The molecule has 2 rings (SSSR count). The number of carbonyl (C=O) groups excluding carboxylic acids is 1. The van der Waals surface area contributed by atoms with Crippen molar-refractivity contribution in [2.45, 2.75) is 24.3 Å². The molecule has 2 amide bonds. The number of alkyl halides is 3. The van der Waals surface area contributed by atoms with Crippen molar-refractivity contribution in [3.63, 3.8) is 0 Å². The first-order chi connectivity index (χ1) is 11.5. The Labute approximate surface area is 142 Å². The average Bonchev–Trinajstić information content (AvgIpc) is 2.50. The molecule has 9 heteroatoms. The highest BCUT2D eigenvalue weighted by molar-refractivity contribution is 7.92. The van der Waals surface area contributed by atoms with Gasteiger partial charge in [-0.15, -0.1) is 0 Å². The van der Waals surface area contributed by atoms with E-state index in [-0.39, 0.29) is 5.69 Å². The summed E-state index contributed by atoms with van der Waals surface area (Å²) in [5.41, 5.74) is -3.55. The standard InChI is InChI=1S/C16H15F3N2O3S/c1-10-3-6-12(7-4-10)20-15(22)21-14-9-13(8-5-11(14)2)25(23,24)16(17,18)19/h3-9H,1-2H3,(H2,20,21,22). The maximum atomic E-state index is 12.6. The van der Waals surface area contributed by atoms with Gasteiger partial charge in [0.25, 0.3) is 9.84 Å². The third-order valence-corrected chi connectivity index (χ3v) is 4.87. The van der Waals surface area contributed by atoms with Gasteiger partial charge < -0.3 is 10.6 Å². The Hall–Kier alpha value is -2.55. The largest absolute Gasteiger partial charge is 0.501 e. The summed E-state index contributed by atoms with van der Waals surface area (Å²) in [5, 5.41) is 4.87. The third-order valence-electron chi connectivity index (χ3n) is 3.38. The molecule has 0 atom stereocenters. The number of hydrogen-bond donors (Lipinski definition) is 2. The zero-order valence-corrected chi connectivity index (χ0v) is 14.1. The van der Waals surface area contributed by atoms with E-state index < -0.39 is 26.3 Å². The molecule has 134 valence electrons. The molecule has 0 aromatic heterocycles. The van der Waals surface area contributed by atoms with Gasteiger partial charge in [0.15, 0.2) is 0 Å². The van der Waals surface area contributed by atoms with Crippen molar-refractivity contribution in [3.8, 4) is 0 Å². The minimum Gasteiger partial charge on any atom is -0.308 e. The minimum atomic E-state index is -5.49. The first-order valence-corrected chi connectivity index (χ1v) is 8.56. The Morgan fingerprint density at radius 2 is 1.56 bits per heavy atom. The summed E-state index contributed by atoms with van der Waals surface area (Å²) in [4.78, 5) is 11.0. The average molecular weight is 372 g/mol. The van der Waals surface area contributed by atoms with Gasteiger partial charge in [0, 0.05) is 11.4 Å². The molecule has 5 nitrogen and oxygen atoms in total. The molecule has 2 N–H and O–H groups in total. The number of rotatable bonds is 3. The Balaban J connectivity index is 2.23.